The number of carbonyl (C=O) groups excluding carboxylic acids is 1. The summed E-state index contributed by atoms with van der Waals surface area (Å²) < 4.78 is 10.0. The number of nitrogens with zero attached hydrogens (tertiary/aromatic N) is 2. The highest BCUT2D eigenvalue weighted by Crippen LogP contribution is 2.28. The Morgan fingerprint density at radius 3 is 3.06 bits per heavy atom. The summed E-state index contributed by atoms with van der Waals surface area (Å²) in [6, 6.07) is 9.48. The van der Waals surface area contributed by atoms with Gasteiger partial charge in [0.1, 0.15) is 0 Å². The average molecular weight is 246 g/mol. The molecule has 2 aromatic rings. The number of fused-ring (bicyclic) bond motifs is 1. The molecule has 0 saturated heterocycles. The molecule has 2 rings (SSSR count). The minimum absolute atomic E-state index is 0.263. The number of esters is 1. The van der Waals surface area contributed by atoms with Gasteiger partial charge in [-0.15, -0.1) is 0 Å². The Bertz CT molecular complexity index is 585. The van der Waals surface area contributed by atoms with Crippen molar-refractivity contribution in [1.29, 1.82) is 5.26 Å². The largest absolute Gasteiger partial charge is 0.465 e. The van der Waals surface area contributed by atoms with Crippen molar-refractivity contribution in [3.63, 3.8) is 0 Å². The van der Waals surface area contributed by atoms with E-state index >= 15 is 0 Å². The summed E-state index contributed by atoms with van der Waals surface area (Å²) >= 11 is 1.28. The Hall–Kier alpha value is -1.93. The standard InChI is InChI=1S/C12H10N2O2S/c1-2-16-12(15)9(7-13)11-8-5-3-4-6-10(8)17-14-11/h3-6,9H,2H2,1H3/t9-/m0/s1. The average Bonchev–Trinajstić information content (AvgIpc) is 2.75. The van der Waals surface area contributed by atoms with Crippen LogP contribution in [0.3, 0.4) is 0 Å². The normalized spacial score (nSPS) is 12.0. The molecule has 4 nitrogen and oxygen atoms in total. The molecule has 0 fully saturated rings. The fourth-order valence-corrected chi connectivity index (χ4v) is 2.38. The molecule has 0 aliphatic heterocycles. The van der Waals surface area contributed by atoms with E-state index in [1.54, 1.807) is 6.92 Å². The highest BCUT2D eigenvalue weighted by molar-refractivity contribution is 7.13. The maximum atomic E-state index is 11.6. The number of rotatable bonds is 3. The van der Waals surface area contributed by atoms with E-state index in [1.807, 2.05) is 30.3 Å². The first kappa shape index (κ1) is 11.6. The number of hydrogen-bond donors (Lipinski definition) is 0. The van der Waals surface area contributed by atoms with Gasteiger partial charge in [0.05, 0.1) is 23.1 Å². The zero-order valence-electron chi connectivity index (χ0n) is 9.21. The van der Waals surface area contributed by atoms with E-state index in [0.29, 0.717) is 5.69 Å². The number of ether oxygens (including phenoxy) is 1. The van der Waals surface area contributed by atoms with E-state index < -0.39 is 11.9 Å². The third-order valence-corrected chi connectivity index (χ3v) is 3.17. The van der Waals surface area contributed by atoms with Gasteiger partial charge in [-0.3, -0.25) is 4.79 Å². The van der Waals surface area contributed by atoms with E-state index in [9.17, 15) is 4.79 Å². The molecule has 0 spiro atoms. The smallest absolute Gasteiger partial charge is 0.329 e. The zero-order valence-corrected chi connectivity index (χ0v) is 10.0. The Kier molecular flexibility index (Phi) is 3.35. The molecule has 5 heteroatoms. The van der Waals surface area contributed by atoms with Crippen LogP contribution >= 0.6 is 11.5 Å². The van der Waals surface area contributed by atoms with Crippen molar-refractivity contribution < 1.29 is 9.53 Å². The number of aromatic nitrogens is 1. The molecule has 0 radical (unpaired) electrons. The Morgan fingerprint density at radius 1 is 1.59 bits per heavy atom. The monoisotopic (exact) mass is 246 g/mol. The van der Waals surface area contributed by atoms with Crippen LogP contribution in [0, 0.1) is 11.3 Å². The summed E-state index contributed by atoms with van der Waals surface area (Å²) in [5, 5.41) is 9.91. The lowest BCUT2D eigenvalue weighted by atomic mass is 10.0. The number of carbonyl (C=O) groups is 1. The molecular weight excluding hydrogens is 236 g/mol. The molecular formula is C12H10N2O2S. The van der Waals surface area contributed by atoms with Crippen LogP contribution < -0.4 is 0 Å². The molecule has 17 heavy (non-hydrogen) atoms. The van der Waals surface area contributed by atoms with Crippen LogP contribution in [0.1, 0.15) is 18.5 Å². The SMILES string of the molecule is CCOC(=O)[C@@H](C#N)c1nsc2ccccc12. The summed E-state index contributed by atoms with van der Waals surface area (Å²) in [5.41, 5.74) is 0.492. The predicted octanol–water partition coefficient (Wildman–Crippen LogP) is 2.47. The van der Waals surface area contributed by atoms with Crippen LogP contribution in [0.5, 0.6) is 0 Å². The lowest BCUT2D eigenvalue weighted by molar-refractivity contribution is -0.143. The third kappa shape index (κ3) is 2.12. The lowest BCUT2D eigenvalue weighted by Crippen LogP contribution is -2.14. The fraction of sp³-hybridized carbons (Fsp3) is 0.250. The van der Waals surface area contributed by atoms with Gasteiger partial charge in [0.2, 0.25) is 0 Å². The minimum Gasteiger partial charge on any atom is -0.465 e. The molecule has 0 N–H and O–H groups in total. The van der Waals surface area contributed by atoms with Gasteiger partial charge in [-0.2, -0.15) is 9.64 Å². The van der Waals surface area contributed by atoms with Gasteiger partial charge in [-0.25, -0.2) is 0 Å². The van der Waals surface area contributed by atoms with E-state index in [2.05, 4.69) is 4.37 Å². The molecule has 1 atom stereocenters. The molecule has 0 amide bonds. The second-order valence-electron chi connectivity index (χ2n) is 3.38. The van der Waals surface area contributed by atoms with Gasteiger partial charge in [0.15, 0.2) is 5.92 Å². The van der Waals surface area contributed by atoms with Crippen molar-refractivity contribution in [3.8, 4) is 6.07 Å². The van der Waals surface area contributed by atoms with Crippen molar-refractivity contribution >= 4 is 27.6 Å². The van der Waals surface area contributed by atoms with Crippen molar-refractivity contribution in [2.45, 2.75) is 12.8 Å². The maximum absolute atomic E-state index is 11.6. The molecule has 1 aromatic heterocycles. The summed E-state index contributed by atoms with van der Waals surface area (Å²) in [6.45, 7) is 1.98. The second-order valence-corrected chi connectivity index (χ2v) is 4.18. The second kappa shape index (κ2) is 4.93. The van der Waals surface area contributed by atoms with Gasteiger partial charge >= 0.3 is 5.97 Å². The van der Waals surface area contributed by atoms with Crippen LogP contribution in [-0.4, -0.2) is 16.9 Å². The zero-order chi connectivity index (χ0) is 12.3. The van der Waals surface area contributed by atoms with E-state index in [4.69, 9.17) is 10.00 Å². The van der Waals surface area contributed by atoms with E-state index in [1.165, 1.54) is 11.5 Å². The minimum atomic E-state index is -0.939. The quantitative estimate of drug-likeness (QED) is 0.780. The maximum Gasteiger partial charge on any atom is 0.329 e. The van der Waals surface area contributed by atoms with Crippen molar-refractivity contribution in [1.82, 2.24) is 4.37 Å². The predicted molar refractivity (Wildman–Crippen MR) is 64.6 cm³/mol. The van der Waals surface area contributed by atoms with E-state index in [0.717, 1.165) is 10.1 Å². The number of hydrogen-bond acceptors (Lipinski definition) is 5. The number of benzene rings is 1. The van der Waals surface area contributed by atoms with Crippen LogP contribution in [0.4, 0.5) is 0 Å². The Labute approximate surface area is 103 Å². The van der Waals surface area contributed by atoms with Gasteiger partial charge in [-0.05, 0) is 24.5 Å². The summed E-state index contributed by atoms with van der Waals surface area (Å²) in [4.78, 5) is 11.6. The molecule has 86 valence electrons. The molecule has 0 saturated carbocycles. The highest BCUT2D eigenvalue weighted by atomic mass is 32.1. The number of nitriles is 1. The van der Waals surface area contributed by atoms with Crippen LogP contribution in [0.15, 0.2) is 24.3 Å². The van der Waals surface area contributed by atoms with Crippen molar-refractivity contribution in [3.05, 3.63) is 30.0 Å². The summed E-state index contributed by atoms with van der Waals surface area (Å²) in [7, 11) is 0. The first-order valence-corrected chi connectivity index (χ1v) is 5.95. The first-order valence-electron chi connectivity index (χ1n) is 5.18. The molecule has 0 bridgehead atoms. The molecule has 1 aromatic carbocycles. The van der Waals surface area contributed by atoms with Crippen molar-refractivity contribution in [2.75, 3.05) is 6.61 Å². The molecule has 0 unspecified atom stereocenters. The van der Waals surface area contributed by atoms with Crippen LogP contribution in [0.25, 0.3) is 10.1 Å². The lowest BCUT2D eigenvalue weighted by Gasteiger charge is -2.05. The van der Waals surface area contributed by atoms with Crippen molar-refractivity contribution in [2.24, 2.45) is 0 Å². The Morgan fingerprint density at radius 2 is 2.35 bits per heavy atom. The van der Waals surface area contributed by atoms with Gasteiger partial charge in [0.25, 0.3) is 0 Å². The summed E-state index contributed by atoms with van der Waals surface area (Å²) in [6.07, 6.45) is 0. The molecule has 1 heterocycles. The highest BCUT2D eigenvalue weighted by Gasteiger charge is 2.26. The van der Waals surface area contributed by atoms with Crippen LogP contribution in [-0.2, 0) is 9.53 Å². The molecule has 0 aliphatic carbocycles. The van der Waals surface area contributed by atoms with E-state index in [-0.39, 0.29) is 6.61 Å². The fourth-order valence-electron chi connectivity index (χ4n) is 1.56. The third-order valence-electron chi connectivity index (χ3n) is 2.33. The summed E-state index contributed by atoms with van der Waals surface area (Å²) in [5.74, 6) is -1.47. The van der Waals surface area contributed by atoms with Crippen LogP contribution in [0.2, 0.25) is 0 Å². The first-order chi connectivity index (χ1) is 8.27. The topological polar surface area (TPSA) is 63.0 Å². The van der Waals surface area contributed by atoms with Gasteiger partial charge in [-0.1, -0.05) is 18.2 Å². The van der Waals surface area contributed by atoms with Gasteiger partial charge < -0.3 is 4.74 Å². The Balaban J connectivity index is 2.44. The molecule has 0 aliphatic rings. The van der Waals surface area contributed by atoms with Gasteiger partial charge in [0, 0.05) is 5.39 Å².